The van der Waals surface area contributed by atoms with Crippen LogP contribution in [0.2, 0.25) is 0 Å². The van der Waals surface area contributed by atoms with E-state index >= 15 is 0 Å². The van der Waals surface area contributed by atoms with E-state index in [0.717, 1.165) is 0 Å². The molecule has 0 bridgehead atoms. The number of rotatable bonds is 9. The molecular weight excluding hydrogens is 447 g/mol. The first-order valence-corrected chi connectivity index (χ1v) is 11.2. The zero-order chi connectivity index (χ0) is 23.2. The minimum absolute atomic E-state index is 0.144. The van der Waals surface area contributed by atoms with Crippen LogP contribution in [-0.2, 0) is 17.9 Å². The molecule has 1 aromatic heterocycles. The molecule has 0 saturated heterocycles. The quantitative estimate of drug-likeness (QED) is 0.373. The molecule has 8 nitrogen and oxygen atoms in total. The summed E-state index contributed by atoms with van der Waals surface area (Å²) in [5, 5.41) is 11.4. The Bertz CT molecular complexity index is 1140. The van der Waals surface area contributed by atoms with Gasteiger partial charge in [0.2, 0.25) is 5.91 Å². The van der Waals surface area contributed by atoms with Gasteiger partial charge in [0, 0.05) is 18.3 Å². The maximum absolute atomic E-state index is 13.1. The molecule has 10 heteroatoms. The third kappa shape index (κ3) is 5.64. The lowest BCUT2D eigenvalue weighted by atomic mass is 10.2. The van der Waals surface area contributed by atoms with E-state index in [-0.39, 0.29) is 18.3 Å². The molecule has 1 amide bonds. The Labute approximate surface area is 194 Å². The summed E-state index contributed by atoms with van der Waals surface area (Å²) in [4.78, 5) is 12.8. The fraction of sp³-hybridized carbons (Fsp3) is 0.261. The molecule has 1 atom stereocenters. The second-order valence-electron chi connectivity index (χ2n) is 7.15. The van der Waals surface area contributed by atoms with E-state index in [2.05, 4.69) is 22.1 Å². The van der Waals surface area contributed by atoms with Gasteiger partial charge in [-0.1, -0.05) is 17.8 Å². The summed E-state index contributed by atoms with van der Waals surface area (Å²) in [7, 11) is 0. The molecule has 0 spiro atoms. The largest absolute Gasteiger partial charge is 0.486 e. The molecule has 172 valence electrons. The highest BCUT2D eigenvalue weighted by molar-refractivity contribution is 8.00. The second kappa shape index (κ2) is 10.4. The zero-order valence-corrected chi connectivity index (χ0v) is 18.8. The van der Waals surface area contributed by atoms with Crippen molar-refractivity contribution in [1.29, 1.82) is 0 Å². The van der Waals surface area contributed by atoms with Gasteiger partial charge in [-0.15, -0.1) is 16.8 Å². The van der Waals surface area contributed by atoms with Crippen molar-refractivity contribution in [2.45, 2.75) is 30.5 Å². The van der Waals surface area contributed by atoms with Crippen molar-refractivity contribution < 1.29 is 23.4 Å². The van der Waals surface area contributed by atoms with Crippen molar-refractivity contribution in [1.82, 2.24) is 14.8 Å². The Kier molecular flexibility index (Phi) is 7.13. The zero-order valence-electron chi connectivity index (χ0n) is 18.0. The number of benzene rings is 2. The summed E-state index contributed by atoms with van der Waals surface area (Å²) in [6.07, 6.45) is 1.72. The van der Waals surface area contributed by atoms with E-state index in [0.29, 0.717) is 53.7 Å². The lowest BCUT2D eigenvalue weighted by Crippen LogP contribution is -2.23. The fourth-order valence-electron chi connectivity index (χ4n) is 3.08. The number of amides is 1. The van der Waals surface area contributed by atoms with E-state index in [1.54, 1.807) is 43.3 Å². The SMILES string of the molecule is C=CCn1c(COc2ccc(F)cc2)nnc1S[C@H](C)C(=O)Nc1ccc2c(c1)OCCO2. The fourth-order valence-corrected chi connectivity index (χ4v) is 3.96. The number of fused-ring (bicyclic) bond motifs is 1. The number of anilines is 1. The molecule has 1 aliphatic rings. The van der Waals surface area contributed by atoms with Crippen LogP contribution >= 0.6 is 11.8 Å². The van der Waals surface area contributed by atoms with Crippen LogP contribution in [0.3, 0.4) is 0 Å². The summed E-state index contributed by atoms with van der Waals surface area (Å²) in [6.45, 7) is 7.15. The van der Waals surface area contributed by atoms with E-state index < -0.39 is 5.25 Å². The molecule has 2 heterocycles. The van der Waals surface area contributed by atoms with Gasteiger partial charge in [0.1, 0.15) is 31.4 Å². The molecule has 0 fully saturated rings. The van der Waals surface area contributed by atoms with E-state index in [1.807, 2.05) is 4.57 Å². The maximum atomic E-state index is 13.1. The highest BCUT2D eigenvalue weighted by Crippen LogP contribution is 2.33. The summed E-state index contributed by atoms with van der Waals surface area (Å²) in [6, 6.07) is 11.0. The Morgan fingerprint density at radius 2 is 2.00 bits per heavy atom. The van der Waals surface area contributed by atoms with Crippen molar-refractivity contribution in [2.75, 3.05) is 18.5 Å². The van der Waals surface area contributed by atoms with E-state index in [1.165, 1.54) is 23.9 Å². The number of ether oxygens (including phenoxy) is 3. The molecule has 0 saturated carbocycles. The van der Waals surface area contributed by atoms with Gasteiger partial charge >= 0.3 is 0 Å². The molecular formula is C23H23FN4O4S. The van der Waals surface area contributed by atoms with Gasteiger partial charge in [-0.2, -0.15) is 0 Å². The van der Waals surface area contributed by atoms with Crippen molar-refractivity contribution in [3.05, 3.63) is 66.8 Å². The molecule has 33 heavy (non-hydrogen) atoms. The number of hydrogen-bond donors (Lipinski definition) is 1. The van der Waals surface area contributed by atoms with Crippen LogP contribution < -0.4 is 19.5 Å². The summed E-state index contributed by atoms with van der Waals surface area (Å²) >= 11 is 1.28. The van der Waals surface area contributed by atoms with Crippen LogP contribution in [0, 0.1) is 5.82 Å². The number of carbonyl (C=O) groups excluding carboxylic acids is 1. The van der Waals surface area contributed by atoms with Crippen molar-refractivity contribution >= 4 is 23.4 Å². The Hall–Kier alpha value is -3.53. The van der Waals surface area contributed by atoms with Gasteiger partial charge in [0.15, 0.2) is 22.5 Å². The predicted octanol–water partition coefficient (Wildman–Crippen LogP) is 4.07. The summed E-state index contributed by atoms with van der Waals surface area (Å²) in [5.74, 6) is 1.84. The second-order valence-corrected chi connectivity index (χ2v) is 8.46. The molecule has 2 aromatic carbocycles. The molecule has 4 rings (SSSR count). The van der Waals surface area contributed by atoms with Crippen LogP contribution in [-0.4, -0.2) is 39.1 Å². The van der Waals surface area contributed by atoms with Gasteiger partial charge < -0.3 is 19.5 Å². The minimum atomic E-state index is -0.447. The molecule has 0 aliphatic carbocycles. The number of carbonyl (C=O) groups is 1. The average Bonchev–Trinajstić information content (AvgIpc) is 3.20. The van der Waals surface area contributed by atoms with Gasteiger partial charge in [-0.05, 0) is 43.3 Å². The average molecular weight is 471 g/mol. The first-order valence-electron chi connectivity index (χ1n) is 10.3. The third-order valence-electron chi connectivity index (χ3n) is 4.75. The molecule has 3 aromatic rings. The van der Waals surface area contributed by atoms with Crippen molar-refractivity contribution in [3.8, 4) is 17.2 Å². The third-order valence-corrected chi connectivity index (χ3v) is 5.83. The van der Waals surface area contributed by atoms with Crippen LogP contribution in [0.4, 0.5) is 10.1 Å². The Morgan fingerprint density at radius 1 is 1.24 bits per heavy atom. The van der Waals surface area contributed by atoms with Crippen LogP contribution in [0.5, 0.6) is 17.2 Å². The number of thioether (sulfide) groups is 1. The van der Waals surface area contributed by atoms with Crippen LogP contribution in [0.15, 0.2) is 60.3 Å². The number of hydrogen-bond acceptors (Lipinski definition) is 7. The number of nitrogens with zero attached hydrogens (tertiary/aromatic N) is 3. The highest BCUT2D eigenvalue weighted by atomic mass is 32.2. The lowest BCUT2D eigenvalue weighted by molar-refractivity contribution is -0.115. The standard InChI is InChI=1S/C23H23FN4O4S/c1-3-10-28-21(14-32-18-7-4-16(24)5-8-18)26-27-23(28)33-15(2)22(29)25-17-6-9-19-20(13-17)31-12-11-30-19/h3-9,13,15H,1,10-12,14H2,2H3,(H,25,29)/t15-/m1/s1. The monoisotopic (exact) mass is 470 g/mol. The first-order chi connectivity index (χ1) is 16.0. The van der Waals surface area contributed by atoms with Gasteiger partial charge in [0.25, 0.3) is 0 Å². The van der Waals surface area contributed by atoms with Gasteiger partial charge in [0.05, 0.1) is 5.25 Å². The number of allylic oxidation sites excluding steroid dienone is 1. The normalized spacial score (nSPS) is 13.3. The Balaban J connectivity index is 1.40. The molecule has 0 unspecified atom stereocenters. The highest BCUT2D eigenvalue weighted by Gasteiger charge is 2.21. The smallest absolute Gasteiger partial charge is 0.237 e. The summed E-state index contributed by atoms with van der Waals surface area (Å²) in [5.41, 5.74) is 0.623. The number of aromatic nitrogens is 3. The first kappa shape index (κ1) is 22.7. The van der Waals surface area contributed by atoms with Gasteiger partial charge in [-0.3, -0.25) is 9.36 Å². The topological polar surface area (TPSA) is 87.5 Å². The molecule has 1 aliphatic heterocycles. The Morgan fingerprint density at radius 3 is 2.76 bits per heavy atom. The maximum Gasteiger partial charge on any atom is 0.237 e. The van der Waals surface area contributed by atoms with Crippen LogP contribution in [0.1, 0.15) is 12.7 Å². The van der Waals surface area contributed by atoms with E-state index in [9.17, 15) is 9.18 Å². The molecule has 0 radical (unpaired) electrons. The number of nitrogens with one attached hydrogen (secondary N) is 1. The minimum Gasteiger partial charge on any atom is -0.486 e. The van der Waals surface area contributed by atoms with E-state index in [4.69, 9.17) is 14.2 Å². The lowest BCUT2D eigenvalue weighted by Gasteiger charge is -2.19. The summed E-state index contributed by atoms with van der Waals surface area (Å²) < 4.78 is 31.7. The van der Waals surface area contributed by atoms with Crippen molar-refractivity contribution in [3.63, 3.8) is 0 Å². The number of halogens is 1. The van der Waals surface area contributed by atoms with Crippen LogP contribution in [0.25, 0.3) is 0 Å². The molecule has 1 N–H and O–H groups in total. The van der Waals surface area contributed by atoms with Gasteiger partial charge in [-0.25, -0.2) is 4.39 Å². The predicted molar refractivity (Wildman–Crippen MR) is 122 cm³/mol. The van der Waals surface area contributed by atoms with Crippen molar-refractivity contribution in [2.24, 2.45) is 0 Å².